The van der Waals surface area contributed by atoms with Crippen molar-refractivity contribution in [3.8, 4) is 0 Å². The van der Waals surface area contributed by atoms with Crippen molar-refractivity contribution in [1.82, 2.24) is 0 Å². The summed E-state index contributed by atoms with van der Waals surface area (Å²) in [6, 6.07) is 0. The van der Waals surface area contributed by atoms with Crippen LogP contribution in [0.4, 0.5) is 0 Å². The first-order chi connectivity index (χ1) is 6.70. The largest absolute Gasteiger partial charge is 0.0844 e. The SMILES string of the molecule is C/C=C(\C)C1=C(CCC)C(C)=CCC1. The average Bonchev–Trinajstić information content (AvgIpc) is 2.20. The van der Waals surface area contributed by atoms with Gasteiger partial charge in [0.2, 0.25) is 0 Å². The molecule has 0 radical (unpaired) electrons. The summed E-state index contributed by atoms with van der Waals surface area (Å²) in [5, 5.41) is 0. The van der Waals surface area contributed by atoms with Crippen molar-refractivity contribution in [3.05, 3.63) is 34.4 Å². The van der Waals surface area contributed by atoms with Crippen LogP contribution in [0.15, 0.2) is 34.4 Å². The maximum absolute atomic E-state index is 2.39. The molecule has 0 amide bonds. The summed E-state index contributed by atoms with van der Waals surface area (Å²) in [6.45, 7) is 8.90. The first kappa shape index (κ1) is 11.3. The molecule has 0 atom stereocenters. The normalized spacial score (nSPS) is 18.6. The first-order valence-electron chi connectivity index (χ1n) is 5.73. The fourth-order valence-corrected chi connectivity index (χ4v) is 2.15. The van der Waals surface area contributed by atoms with E-state index in [1.165, 1.54) is 36.8 Å². The molecule has 0 spiro atoms. The van der Waals surface area contributed by atoms with Crippen LogP contribution in [-0.2, 0) is 0 Å². The van der Waals surface area contributed by atoms with Gasteiger partial charge in [0, 0.05) is 0 Å². The van der Waals surface area contributed by atoms with Crippen LogP contribution in [0.1, 0.15) is 53.4 Å². The Bertz CT molecular complexity index is 287. The van der Waals surface area contributed by atoms with Crippen molar-refractivity contribution in [2.45, 2.75) is 53.4 Å². The molecule has 1 aliphatic rings. The second-order valence-electron chi connectivity index (χ2n) is 4.10. The molecule has 0 aliphatic heterocycles. The van der Waals surface area contributed by atoms with Gasteiger partial charge >= 0.3 is 0 Å². The molecule has 0 N–H and O–H groups in total. The van der Waals surface area contributed by atoms with Gasteiger partial charge in [0.05, 0.1) is 0 Å². The summed E-state index contributed by atoms with van der Waals surface area (Å²) in [7, 11) is 0. The summed E-state index contributed by atoms with van der Waals surface area (Å²) >= 11 is 0. The van der Waals surface area contributed by atoms with Gasteiger partial charge in [0.15, 0.2) is 0 Å². The second-order valence-corrected chi connectivity index (χ2v) is 4.10. The summed E-state index contributed by atoms with van der Waals surface area (Å²) in [5.41, 5.74) is 6.19. The number of rotatable bonds is 3. The lowest BCUT2D eigenvalue weighted by atomic mass is 9.85. The van der Waals surface area contributed by atoms with Crippen molar-refractivity contribution in [1.29, 1.82) is 0 Å². The topological polar surface area (TPSA) is 0 Å². The van der Waals surface area contributed by atoms with Gasteiger partial charge in [0.1, 0.15) is 0 Å². The van der Waals surface area contributed by atoms with E-state index >= 15 is 0 Å². The Labute approximate surface area is 88.4 Å². The highest BCUT2D eigenvalue weighted by atomic mass is 14.2. The predicted octanol–water partition coefficient (Wildman–Crippen LogP) is 4.79. The summed E-state index contributed by atoms with van der Waals surface area (Å²) < 4.78 is 0. The molecular weight excluding hydrogens is 168 g/mol. The highest BCUT2D eigenvalue weighted by Gasteiger charge is 2.12. The minimum absolute atomic E-state index is 1.22. The molecule has 1 aliphatic carbocycles. The Morgan fingerprint density at radius 1 is 1.50 bits per heavy atom. The lowest BCUT2D eigenvalue weighted by Gasteiger charge is -2.20. The minimum Gasteiger partial charge on any atom is -0.0844 e. The monoisotopic (exact) mass is 190 g/mol. The maximum atomic E-state index is 2.39. The van der Waals surface area contributed by atoms with Crippen LogP contribution in [-0.4, -0.2) is 0 Å². The van der Waals surface area contributed by atoms with Crippen LogP contribution in [0.25, 0.3) is 0 Å². The lowest BCUT2D eigenvalue weighted by molar-refractivity contribution is 0.841. The molecule has 0 heteroatoms. The number of allylic oxidation sites excluding steroid dienone is 6. The zero-order valence-corrected chi connectivity index (χ0v) is 9.98. The number of hydrogen-bond donors (Lipinski definition) is 0. The smallest absolute Gasteiger partial charge is 0.0239 e. The molecular formula is C14H22. The molecule has 14 heavy (non-hydrogen) atoms. The molecule has 78 valence electrons. The molecule has 0 saturated heterocycles. The molecule has 0 nitrogen and oxygen atoms in total. The van der Waals surface area contributed by atoms with E-state index in [1.54, 1.807) is 11.1 Å². The maximum Gasteiger partial charge on any atom is -0.0239 e. The third-order valence-corrected chi connectivity index (χ3v) is 3.09. The van der Waals surface area contributed by atoms with Crippen LogP contribution in [0.5, 0.6) is 0 Å². The van der Waals surface area contributed by atoms with Gasteiger partial charge < -0.3 is 0 Å². The lowest BCUT2D eigenvalue weighted by Crippen LogP contribution is -2.01. The van der Waals surface area contributed by atoms with Crippen molar-refractivity contribution in [2.24, 2.45) is 0 Å². The number of hydrogen-bond acceptors (Lipinski definition) is 0. The van der Waals surface area contributed by atoms with Gasteiger partial charge in [-0.25, -0.2) is 0 Å². The van der Waals surface area contributed by atoms with Crippen LogP contribution >= 0.6 is 0 Å². The molecule has 1 rings (SSSR count). The van der Waals surface area contributed by atoms with E-state index in [4.69, 9.17) is 0 Å². The molecule has 0 aromatic rings. The van der Waals surface area contributed by atoms with Gasteiger partial charge in [-0.1, -0.05) is 36.6 Å². The predicted molar refractivity (Wildman–Crippen MR) is 64.4 cm³/mol. The Morgan fingerprint density at radius 2 is 2.21 bits per heavy atom. The van der Waals surface area contributed by atoms with Crippen LogP contribution in [0.2, 0.25) is 0 Å². The van der Waals surface area contributed by atoms with E-state index in [2.05, 4.69) is 39.8 Å². The molecule has 0 unspecified atom stereocenters. The minimum atomic E-state index is 1.22. The first-order valence-corrected chi connectivity index (χ1v) is 5.73. The fraction of sp³-hybridized carbons (Fsp3) is 0.571. The van der Waals surface area contributed by atoms with Crippen molar-refractivity contribution in [2.75, 3.05) is 0 Å². The van der Waals surface area contributed by atoms with Gasteiger partial charge in [-0.05, 0) is 51.2 Å². The third-order valence-electron chi connectivity index (χ3n) is 3.09. The van der Waals surface area contributed by atoms with Crippen molar-refractivity contribution < 1.29 is 0 Å². The Morgan fingerprint density at radius 3 is 2.79 bits per heavy atom. The molecule has 0 saturated carbocycles. The van der Waals surface area contributed by atoms with Crippen molar-refractivity contribution in [3.63, 3.8) is 0 Å². The van der Waals surface area contributed by atoms with E-state index in [-0.39, 0.29) is 0 Å². The zero-order chi connectivity index (χ0) is 10.6. The van der Waals surface area contributed by atoms with E-state index < -0.39 is 0 Å². The van der Waals surface area contributed by atoms with Crippen LogP contribution in [0, 0.1) is 0 Å². The van der Waals surface area contributed by atoms with E-state index in [0.29, 0.717) is 0 Å². The van der Waals surface area contributed by atoms with Crippen LogP contribution in [0.3, 0.4) is 0 Å². The molecule has 0 aromatic heterocycles. The zero-order valence-electron chi connectivity index (χ0n) is 9.98. The third kappa shape index (κ3) is 2.37. The standard InChI is InChI=1S/C14H22/c1-5-8-13-12(4)9-7-10-14(13)11(3)6-2/h6,9H,5,7-8,10H2,1-4H3/b11-6+. The molecule has 0 fully saturated rings. The van der Waals surface area contributed by atoms with E-state index in [9.17, 15) is 0 Å². The fourth-order valence-electron chi connectivity index (χ4n) is 2.15. The summed E-state index contributed by atoms with van der Waals surface area (Å²) in [4.78, 5) is 0. The Balaban J connectivity index is 3.04. The second kappa shape index (κ2) is 5.19. The Kier molecular flexibility index (Phi) is 4.19. The van der Waals surface area contributed by atoms with E-state index in [1.807, 2.05) is 0 Å². The van der Waals surface area contributed by atoms with Crippen LogP contribution < -0.4 is 0 Å². The van der Waals surface area contributed by atoms with Gasteiger partial charge in [0.25, 0.3) is 0 Å². The van der Waals surface area contributed by atoms with E-state index in [0.717, 1.165) is 0 Å². The highest BCUT2D eigenvalue weighted by Crippen LogP contribution is 2.32. The van der Waals surface area contributed by atoms with Gasteiger partial charge in [-0.15, -0.1) is 0 Å². The quantitative estimate of drug-likeness (QED) is 0.600. The van der Waals surface area contributed by atoms with Gasteiger partial charge in [-0.2, -0.15) is 0 Å². The van der Waals surface area contributed by atoms with Gasteiger partial charge in [-0.3, -0.25) is 0 Å². The summed E-state index contributed by atoms with van der Waals surface area (Å²) in [6.07, 6.45) is 9.58. The molecule has 0 aromatic carbocycles. The highest BCUT2D eigenvalue weighted by molar-refractivity contribution is 5.45. The average molecular weight is 190 g/mol. The molecule has 0 heterocycles. The van der Waals surface area contributed by atoms with Crippen molar-refractivity contribution >= 4 is 0 Å². The molecule has 0 bridgehead atoms. The Hall–Kier alpha value is -0.780. The summed E-state index contributed by atoms with van der Waals surface area (Å²) in [5.74, 6) is 0.